The smallest absolute Gasteiger partial charge is 0.273 e. The zero-order valence-electron chi connectivity index (χ0n) is 13.8. The third-order valence-corrected chi connectivity index (χ3v) is 5.10. The number of hydrogen-bond donors (Lipinski definition) is 1. The molecule has 0 radical (unpaired) electrons. The van der Waals surface area contributed by atoms with Crippen LogP contribution in [-0.2, 0) is 0 Å². The molecule has 4 rings (SSSR count). The highest BCUT2D eigenvalue weighted by atomic mass is 16.2. The van der Waals surface area contributed by atoms with Crippen LogP contribution in [0.2, 0.25) is 0 Å². The normalized spacial score (nSPS) is 21.2. The van der Waals surface area contributed by atoms with Gasteiger partial charge in [-0.15, -0.1) is 0 Å². The third kappa shape index (κ3) is 2.88. The van der Waals surface area contributed by atoms with Gasteiger partial charge >= 0.3 is 0 Å². The topological polar surface area (TPSA) is 65.1 Å². The number of anilines is 1. The molecule has 126 valence electrons. The maximum atomic E-state index is 13.1. The van der Waals surface area contributed by atoms with E-state index in [0.29, 0.717) is 5.69 Å². The summed E-state index contributed by atoms with van der Waals surface area (Å²) in [6, 6.07) is 4.06. The SMILES string of the molecule is O=C(c1cc(N2CCCC2)ccn1)N1CCCCC1c1cn[nH]c1. The number of likely N-dealkylation sites (tertiary alicyclic amines) is 1. The number of amides is 1. The molecular formula is C18H23N5O. The molecule has 1 amide bonds. The van der Waals surface area contributed by atoms with Crippen molar-refractivity contribution in [2.75, 3.05) is 24.5 Å². The van der Waals surface area contributed by atoms with Crippen molar-refractivity contribution >= 4 is 11.6 Å². The largest absolute Gasteiger partial charge is 0.371 e. The van der Waals surface area contributed by atoms with Crippen molar-refractivity contribution in [3.63, 3.8) is 0 Å². The van der Waals surface area contributed by atoms with E-state index in [9.17, 15) is 4.79 Å². The number of nitrogens with zero attached hydrogens (tertiary/aromatic N) is 4. The van der Waals surface area contributed by atoms with E-state index in [0.717, 1.165) is 50.1 Å². The Morgan fingerprint density at radius 1 is 1.17 bits per heavy atom. The summed E-state index contributed by atoms with van der Waals surface area (Å²) in [5.74, 6) is 0.0296. The van der Waals surface area contributed by atoms with Crippen LogP contribution in [0.4, 0.5) is 5.69 Å². The van der Waals surface area contributed by atoms with Crippen molar-refractivity contribution in [3.05, 3.63) is 42.0 Å². The van der Waals surface area contributed by atoms with Gasteiger partial charge in [0.1, 0.15) is 5.69 Å². The Morgan fingerprint density at radius 2 is 2.00 bits per heavy atom. The number of nitrogens with one attached hydrogen (secondary N) is 1. The van der Waals surface area contributed by atoms with Crippen molar-refractivity contribution in [2.45, 2.75) is 38.1 Å². The molecule has 6 nitrogen and oxygen atoms in total. The first kappa shape index (κ1) is 15.2. The standard InChI is InChI=1S/C18H23N5O/c24-18(16-11-15(6-7-19-16)22-8-3-4-9-22)23-10-2-1-5-17(23)14-12-20-21-13-14/h6-7,11-13,17H,1-5,8-10H2,(H,20,21). The molecule has 2 aliphatic rings. The fourth-order valence-electron chi connectivity index (χ4n) is 3.82. The molecule has 1 atom stereocenters. The highest BCUT2D eigenvalue weighted by Gasteiger charge is 2.30. The highest BCUT2D eigenvalue weighted by molar-refractivity contribution is 5.93. The van der Waals surface area contributed by atoms with Crippen molar-refractivity contribution in [1.82, 2.24) is 20.1 Å². The van der Waals surface area contributed by atoms with Gasteiger partial charge in [0.05, 0.1) is 12.2 Å². The van der Waals surface area contributed by atoms with Gasteiger partial charge in [0.25, 0.3) is 5.91 Å². The maximum Gasteiger partial charge on any atom is 0.273 e. The number of aromatic nitrogens is 3. The van der Waals surface area contributed by atoms with E-state index in [1.807, 2.05) is 29.4 Å². The average Bonchev–Trinajstić information content (AvgIpc) is 3.35. The van der Waals surface area contributed by atoms with E-state index >= 15 is 0 Å². The molecule has 2 aromatic heterocycles. The van der Waals surface area contributed by atoms with Gasteiger partial charge in [0, 0.05) is 43.3 Å². The third-order valence-electron chi connectivity index (χ3n) is 5.10. The van der Waals surface area contributed by atoms with Crippen molar-refractivity contribution < 1.29 is 4.79 Å². The predicted molar refractivity (Wildman–Crippen MR) is 91.9 cm³/mol. The summed E-state index contributed by atoms with van der Waals surface area (Å²) in [5.41, 5.74) is 2.75. The molecule has 1 unspecified atom stereocenters. The first-order chi connectivity index (χ1) is 11.8. The minimum atomic E-state index is 0.0296. The first-order valence-corrected chi connectivity index (χ1v) is 8.83. The Bertz CT molecular complexity index is 693. The van der Waals surface area contributed by atoms with Crippen LogP contribution in [0.1, 0.15) is 54.2 Å². The van der Waals surface area contributed by atoms with E-state index in [-0.39, 0.29) is 11.9 Å². The number of rotatable bonds is 3. The summed E-state index contributed by atoms with van der Waals surface area (Å²) in [7, 11) is 0. The fourth-order valence-corrected chi connectivity index (χ4v) is 3.82. The van der Waals surface area contributed by atoms with Gasteiger partial charge < -0.3 is 9.80 Å². The average molecular weight is 325 g/mol. The van der Waals surface area contributed by atoms with Crippen molar-refractivity contribution in [2.24, 2.45) is 0 Å². The second-order valence-corrected chi connectivity index (χ2v) is 6.64. The first-order valence-electron chi connectivity index (χ1n) is 8.83. The van der Waals surface area contributed by atoms with Crippen LogP contribution in [0.5, 0.6) is 0 Å². The van der Waals surface area contributed by atoms with Crippen LogP contribution in [-0.4, -0.2) is 45.6 Å². The van der Waals surface area contributed by atoms with E-state index in [2.05, 4.69) is 20.1 Å². The minimum Gasteiger partial charge on any atom is -0.371 e. The summed E-state index contributed by atoms with van der Waals surface area (Å²) in [4.78, 5) is 21.7. The molecule has 0 aromatic carbocycles. The molecule has 0 aliphatic carbocycles. The maximum absolute atomic E-state index is 13.1. The van der Waals surface area contributed by atoms with E-state index in [1.165, 1.54) is 12.8 Å². The Balaban J connectivity index is 1.58. The lowest BCUT2D eigenvalue weighted by Gasteiger charge is -2.35. The number of pyridine rings is 1. The van der Waals surface area contributed by atoms with Gasteiger partial charge in [-0.2, -0.15) is 5.10 Å². The molecule has 0 bridgehead atoms. The van der Waals surface area contributed by atoms with Crippen LogP contribution in [0.3, 0.4) is 0 Å². The Kier molecular flexibility index (Phi) is 4.19. The summed E-state index contributed by atoms with van der Waals surface area (Å²) in [6.45, 7) is 2.92. The van der Waals surface area contributed by atoms with Crippen LogP contribution in [0.25, 0.3) is 0 Å². The Morgan fingerprint density at radius 3 is 2.79 bits per heavy atom. The monoisotopic (exact) mass is 325 g/mol. The van der Waals surface area contributed by atoms with Gasteiger partial charge in [-0.25, -0.2) is 0 Å². The van der Waals surface area contributed by atoms with Gasteiger partial charge in [0.2, 0.25) is 0 Å². The lowest BCUT2D eigenvalue weighted by molar-refractivity contribution is 0.0605. The Hall–Kier alpha value is -2.37. The van der Waals surface area contributed by atoms with Crippen LogP contribution < -0.4 is 4.90 Å². The Labute approximate surface area is 141 Å². The number of carbonyl (C=O) groups excluding carboxylic acids is 1. The minimum absolute atomic E-state index is 0.0296. The molecule has 24 heavy (non-hydrogen) atoms. The molecule has 2 aliphatic heterocycles. The second kappa shape index (κ2) is 6.63. The zero-order valence-corrected chi connectivity index (χ0v) is 13.8. The van der Waals surface area contributed by atoms with E-state index in [1.54, 1.807) is 6.20 Å². The summed E-state index contributed by atoms with van der Waals surface area (Å²) < 4.78 is 0. The summed E-state index contributed by atoms with van der Waals surface area (Å²) in [5, 5.41) is 6.91. The second-order valence-electron chi connectivity index (χ2n) is 6.64. The quantitative estimate of drug-likeness (QED) is 0.942. The number of carbonyl (C=O) groups is 1. The molecule has 2 saturated heterocycles. The number of piperidine rings is 1. The molecule has 1 N–H and O–H groups in total. The van der Waals surface area contributed by atoms with Gasteiger partial charge in [0.15, 0.2) is 0 Å². The molecule has 0 saturated carbocycles. The van der Waals surface area contributed by atoms with E-state index < -0.39 is 0 Å². The van der Waals surface area contributed by atoms with Gasteiger partial charge in [-0.3, -0.25) is 14.9 Å². The number of hydrogen-bond acceptors (Lipinski definition) is 4. The molecule has 2 aromatic rings. The molecular weight excluding hydrogens is 302 g/mol. The lowest BCUT2D eigenvalue weighted by Crippen LogP contribution is -2.38. The number of aromatic amines is 1. The summed E-state index contributed by atoms with van der Waals surface area (Å²) in [6.07, 6.45) is 11.1. The molecule has 0 spiro atoms. The predicted octanol–water partition coefficient (Wildman–Crippen LogP) is 2.77. The van der Waals surface area contributed by atoms with Gasteiger partial charge in [-0.1, -0.05) is 0 Å². The van der Waals surface area contributed by atoms with E-state index in [4.69, 9.17) is 0 Å². The fraction of sp³-hybridized carbons (Fsp3) is 0.500. The highest BCUT2D eigenvalue weighted by Crippen LogP contribution is 2.31. The lowest BCUT2D eigenvalue weighted by atomic mass is 9.97. The number of H-pyrrole nitrogens is 1. The summed E-state index contributed by atoms with van der Waals surface area (Å²) >= 11 is 0. The van der Waals surface area contributed by atoms with Crippen molar-refractivity contribution in [1.29, 1.82) is 0 Å². The van der Waals surface area contributed by atoms with Gasteiger partial charge in [-0.05, 0) is 44.2 Å². The van der Waals surface area contributed by atoms with Crippen LogP contribution in [0.15, 0.2) is 30.7 Å². The molecule has 4 heterocycles. The van der Waals surface area contributed by atoms with Crippen LogP contribution in [0, 0.1) is 0 Å². The molecule has 6 heteroatoms. The molecule has 2 fully saturated rings. The van der Waals surface area contributed by atoms with Crippen LogP contribution >= 0.6 is 0 Å². The van der Waals surface area contributed by atoms with Crippen molar-refractivity contribution in [3.8, 4) is 0 Å². The zero-order chi connectivity index (χ0) is 16.4.